The molecule has 0 atom stereocenters. The second-order valence-electron chi connectivity index (χ2n) is 3.47. The van der Waals surface area contributed by atoms with Gasteiger partial charge in [-0.2, -0.15) is 0 Å². The lowest BCUT2D eigenvalue weighted by molar-refractivity contribution is -0.736. The minimum Gasteiger partial charge on any atom is -0.361 e. The van der Waals surface area contributed by atoms with Crippen molar-refractivity contribution in [2.24, 2.45) is 0 Å². The summed E-state index contributed by atoms with van der Waals surface area (Å²) in [4.78, 5) is 30.9. The third-order valence-electron chi connectivity index (χ3n) is 2.43. The molecule has 0 unspecified atom stereocenters. The van der Waals surface area contributed by atoms with E-state index >= 15 is 0 Å². The maximum atomic E-state index is 11.8. The third-order valence-corrected chi connectivity index (χ3v) is 2.43. The van der Waals surface area contributed by atoms with Crippen molar-refractivity contribution in [3.63, 3.8) is 0 Å². The molecular weight excluding hydrogens is 208 g/mol. The second-order valence-corrected chi connectivity index (χ2v) is 3.47. The number of aromatic amines is 1. The highest BCUT2D eigenvalue weighted by molar-refractivity contribution is 5.81. The van der Waals surface area contributed by atoms with E-state index in [1.807, 2.05) is 0 Å². The van der Waals surface area contributed by atoms with Crippen LogP contribution in [-0.2, 0) is 4.84 Å². The first-order chi connectivity index (χ1) is 7.63. The molecule has 2 rings (SSSR count). The molecule has 0 saturated heterocycles. The number of benzene rings is 1. The van der Waals surface area contributed by atoms with Crippen molar-refractivity contribution < 1.29 is 9.76 Å². The molecule has 1 aromatic heterocycles. The van der Waals surface area contributed by atoms with E-state index in [4.69, 9.17) is 0 Å². The van der Waals surface area contributed by atoms with Crippen LogP contribution in [0.25, 0.3) is 10.9 Å². The van der Waals surface area contributed by atoms with Gasteiger partial charge >= 0.3 is 5.69 Å². The third kappa shape index (κ3) is 1.56. The summed E-state index contributed by atoms with van der Waals surface area (Å²) < 4.78 is 0. The first-order valence-electron chi connectivity index (χ1n) is 4.77. The highest BCUT2D eigenvalue weighted by atomic mass is 16.8. The van der Waals surface area contributed by atoms with Gasteiger partial charge in [0.25, 0.3) is 4.92 Å². The quantitative estimate of drug-likeness (QED) is 0.783. The Morgan fingerprint density at radius 1 is 1.38 bits per heavy atom. The van der Waals surface area contributed by atoms with Crippen molar-refractivity contribution in [3.05, 3.63) is 45.1 Å². The summed E-state index contributed by atoms with van der Waals surface area (Å²) in [5.74, 6) is 0. The molecule has 82 valence electrons. The van der Waals surface area contributed by atoms with Gasteiger partial charge in [0, 0.05) is 29.4 Å². The topological polar surface area (TPSA) is 62.2 Å². The number of H-pyrrole nitrogens is 1. The van der Waals surface area contributed by atoms with Crippen LogP contribution >= 0.6 is 0 Å². The maximum absolute atomic E-state index is 11.8. The van der Waals surface area contributed by atoms with Crippen LogP contribution < -0.4 is 5.43 Å². The zero-order valence-corrected chi connectivity index (χ0v) is 8.98. The summed E-state index contributed by atoms with van der Waals surface area (Å²) in [6, 6.07) is 4.78. The molecule has 0 spiro atoms. The highest BCUT2D eigenvalue weighted by Crippen LogP contribution is 2.17. The molecule has 0 radical (unpaired) electrons. The summed E-state index contributed by atoms with van der Waals surface area (Å²) >= 11 is 0. The number of hydrogen-bond donors (Lipinski definition) is 1. The molecule has 5 nitrogen and oxygen atoms in total. The Bertz CT molecular complexity index is 616. The number of nitrogens with one attached hydrogen (secondary N) is 1. The lowest BCUT2D eigenvalue weighted by Crippen LogP contribution is -2.07. The maximum Gasteiger partial charge on any atom is 0.317 e. The van der Waals surface area contributed by atoms with E-state index < -0.39 is 0 Å². The van der Waals surface area contributed by atoms with Crippen molar-refractivity contribution in [3.8, 4) is 0 Å². The molecule has 0 bridgehead atoms. The van der Waals surface area contributed by atoms with Gasteiger partial charge in [0.05, 0.1) is 10.3 Å². The van der Waals surface area contributed by atoms with Crippen LogP contribution in [0.1, 0.15) is 5.56 Å². The largest absolute Gasteiger partial charge is 0.361 e. The van der Waals surface area contributed by atoms with Crippen LogP contribution in [0.15, 0.2) is 29.2 Å². The average molecular weight is 219 g/mol. The van der Waals surface area contributed by atoms with Crippen molar-refractivity contribution in [2.45, 2.75) is 6.92 Å². The Labute approximate surface area is 91.2 Å². The standard InChI is InChI=1S/C11H10N2O3/c1-7-6-12-10-4-3-8(13(15)16-2)5-9(10)11(7)14/h3-6H,1-2H3/p+1. The lowest BCUT2D eigenvalue weighted by atomic mass is 10.1. The minimum atomic E-state index is -0.0832. The molecular formula is C11H11N2O3+. The van der Waals surface area contributed by atoms with Gasteiger partial charge in [0.1, 0.15) is 0 Å². The Hall–Kier alpha value is -2.17. The summed E-state index contributed by atoms with van der Waals surface area (Å²) in [5, 5.41) is 0.482. The van der Waals surface area contributed by atoms with Crippen molar-refractivity contribution in [1.29, 1.82) is 0 Å². The number of rotatable bonds is 2. The summed E-state index contributed by atoms with van der Waals surface area (Å²) in [6.07, 6.45) is 1.65. The van der Waals surface area contributed by atoms with E-state index in [9.17, 15) is 9.70 Å². The van der Waals surface area contributed by atoms with E-state index in [1.54, 1.807) is 25.3 Å². The monoisotopic (exact) mass is 219 g/mol. The van der Waals surface area contributed by atoms with Gasteiger partial charge < -0.3 is 4.98 Å². The summed E-state index contributed by atoms with van der Waals surface area (Å²) in [6.45, 7) is 1.72. The fourth-order valence-corrected chi connectivity index (χ4v) is 1.53. The number of hydrogen-bond acceptors (Lipinski definition) is 3. The molecule has 16 heavy (non-hydrogen) atoms. The minimum absolute atomic E-state index is 0.0832. The van der Waals surface area contributed by atoms with E-state index in [1.165, 1.54) is 13.2 Å². The molecule has 0 amide bonds. The first-order valence-corrected chi connectivity index (χ1v) is 4.77. The molecule has 1 N–H and O–H groups in total. The Kier molecular flexibility index (Phi) is 2.44. The van der Waals surface area contributed by atoms with Gasteiger partial charge in [-0.15, -0.1) is 0 Å². The van der Waals surface area contributed by atoms with Gasteiger partial charge in [-0.3, -0.25) is 4.79 Å². The zero-order valence-electron chi connectivity index (χ0n) is 8.98. The fourth-order valence-electron chi connectivity index (χ4n) is 1.53. The van der Waals surface area contributed by atoms with E-state index in [2.05, 4.69) is 9.82 Å². The van der Waals surface area contributed by atoms with Crippen LogP contribution in [0.3, 0.4) is 0 Å². The number of pyridine rings is 1. The Morgan fingerprint density at radius 3 is 2.81 bits per heavy atom. The molecule has 0 aliphatic heterocycles. The van der Waals surface area contributed by atoms with Gasteiger partial charge in [-0.25, -0.2) is 4.84 Å². The number of fused-ring (bicyclic) bond motifs is 1. The number of nitrogens with zero attached hydrogens (tertiary/aromatic N) is 1. The van der Waals surface area contributed by atoms with Gasteiger partial charge in [0.15, 0.2) is 12.5 Å². The fraction of sp³-hybridized carbons (Fsp3) is 0.182. The molecule has 0 fully saturated rings. The molecule has 1 heterocycles. The SMILES string of the molecule is CO[N+](=O)c1ccc2[nH]cc(C)c(=O)c2c1. The van der Waals surface area contributed by atoms with Crippen LogP contribution in [0.2, 0.25) is 0 Å². The summed E-state index contributed by atoms with van der Waals surface area (Å²) in [7, 11) is 1.28. The van der Waals surface area contributed by atoms with Gasteiger partial charge in [-0.1, -0.05) is 0 Å². The smallest absolute Gasteiger partial charge is 0.317 e. The second kappa shape index (κ2) is 3.77. The number of aryl methyl sites for hydroxylation is 1. The lowest BCUT2D eigenvalue weighted by Gasteiger charge is -1.98. The van der Waals surface area contributed by atoms with Crippen molar-refractivity contribution in [1.82, 2.24) is 4.98 Å². The predicted molar refractivity (Wildman–Crippen MR) is 59.6 cm³/mol. The van der Waals surface area contributed by atoms with E-state index in [-0.39, 0.29) is 5.43 Å². The molecule has 5 heteroatoms. The molecule has 0 aliphatic carbocycles. The number of aromatic nitrogens is 1. The van der Waals surface area contributed by atoms with E-state index in [0.29, 0.717) is 27.1 Å². The molecule has 2 aromatic rings. The summed E-state index contributed by atoms with van der Waals surface area (Å²) in [5.41, 5.74) is 1.52. The van der Waals surface area contributed by atoms with E-state index in [0.717, 1.165) is 0 Å². The molecule has 0 aliphatic rings. The highest BCUT2D eigenvalue weighted by Gasteiger charge is 2.15. The van der Waals surface area contributed by atoms with Gasteiger partial charge in [0.2, 0.25) is 0 Å². The van der Waals surface area contributed by atoms with Gasteiger partial charge in [-0.05, 0) is 13.0 Å². The van der Waals surface area contributed by atoms with Crippen LogP contribution in [-0.4, -0.2) is 17.0 Å². The normalized spacial score (nSPS) is 10.4. The van der Waals surface area contributed by atoms with Crippen LogP contribution in [0.5, 0.6) is 0 Å². The van der Waals surface area contributed by atoms with Crippen LogP contribution in [0, 0.1) is 11.8 Å². The predicted octanol–water partition coefficient (Wildman–Crippen LogP) is 1.81. The molecule has 0 saturated carbocycles. The Balaban J connectivity index is 2.74. The Morgan fingerprint density at radius 2 is 2.12 bits per heavy atom. The van der Waals surface area contributed by atoms with Crippen molar-refractivity contribution in [2.75, 3.05) is 7.11 Å². The average Bonchev–Trinajstić information content (AvgIpc) is 2.32. The van der Waals surface area contributed by atoms with Crippen molar-refractivity contribution >= 4 is 16.6 Å². The molecule has 1 aromatic carbocycles. The first kappa shape index (κ1) is 10.4. The zero-order chi connectivity index (χ0) is 11.7. The van der Waals surface area contributed by atoms with Crippen LogP contribution in [0.4, 0.5) is 5.69 Å².